The van der Waals surface area contributed by atoms with E-state index >= 15 is 0 Å². The number of nitrogens with zero attached hydrogens (tertiary/aromatic N) is 4. The quantitative estimate of drug-likeness (QED) is 0.522. The lowest BCUT2D eigenvalue weighted by Crippen LogP contribution is -2.33. The molecule has 5 N–H and O–H groups in total. The summed E-state index contributed by atoms with van der Waals surface area (Å²) in [6.07, 6.45) is -1.42. The molecular weight excluding hydrogens is 290 g/mol. The number of ether oxygens (including phenoxy) is 1. The number of imidazole rings is 1. The molecule has 2 aromatic rings. The molecule has 2 aromatic heterocycles. The summed E-state index contributed by atoms with van der Waals surface area (Å²) in [5.74, 6) is 0.218. The zero-order chi connectivity index (χ0) is 13.6. The Morgan fingerprint density at radius 2 is 2.00 bits per heavy atom. The number of halogens is 1. The molecule has 0 amide bonds. The van der Waals surface area contributed by atoms with Gasteiger partial charge in [0.15, 0.2) is 17.7 Å². The monoisotopic (exact) mass is 303 g/mol. The molecule has 3 rings (SSSR count). The maximum Gasteiger partial charge on any atom is 0.167 e. The van der Waals surface area contributed by atoms with Gasteiger partial charge in [0.05, 0.1) is 12.9 Å². The fourth-order valence-electron chi connectivity index (χ4n) is 2.17. The van der Waals surface area contributed by atoms with Crippen LogP contribution in [-0.2, 0) is 4.74 Å². The molecule has 1 aliphatic heterocycles. The van der Waals surface area contributed by atoms with Gasteiger partial charge in [-0.2, -0.15) is 0 Å². The summed E-state index contributed by atoms with van der Waals surface area (Å²) in [6.45, 7) is -0.390. The molecule has 0 bridgehead atoms. The predicted octanol–water partition coefficient (Wildman–Crippen LogP) is -1.56. The zero-order valence-corrected chi connectivity index (χ0v) is 11.0. The van der Waals surface area contributed by atoms with Gasteiger partial charge in [-0.05, 0) is 0 Å². The summed E-state index contributed by atoms with van der Waals surface area (Å²) >= 11 is 0. The average molecular weight is 304 g/mol. The second kappa shape index (κ2) is 5.46. The van der Waals surface area contributed by atoms with Gasteiger partial charge >= 0.3 is 0 Å². The van der Waals surface area contributed by atoms with Crippen molar-refractivity contribution in [2.45, 2.75) is 24.5 Å². The van der Waals surface area contributed by atoms with Crippen LogP contribution in [0, 0.1) is 0 Å². The van der Waals surface area contributed by atoms with Crippen molar-refractivity contribution in [3.63, 3.8) is 0 Å². The lowest BCUT2D eigenvalue weighted by atomic mass is 10.1. The lowest BCUT2D eigenvalue weighted by molar-refractivity contribution is -0.0511. The number of aromatic nitrogens is 4. The van der Waals surface area contributed by atoms with Crippen molar-refractivity contribution in [2.24, 2.45) is 0 Å². The smallest absolute Gasteiger partial charge is 0.167 e. The molecule has 0 saturated carbocycles. The van der Waals surface area contributed by atoms with E-state index in [-0.39, 0.29) is 18.2 Å². The minimum absolute atomic E-state index is 0. The van der Waals surface area contributed by atoms with Gasteiger partial charge in [0.25, 0.3) is 0 Å². The number of rotatable bonds is 2. The Labute approximate surface area is 119 Å². The highest BCUT2D eigenvalue weighted by Crippen LogP contribution is 2.31. The van der Waals surface area contributed by atoms with Gasteiger partial charge in [-0.15, -0.1) is 12.4 Å². The first-order valence-corrected chi connectivity index (χ1v) is 5.69. The summed E-state index contributed by atoms with van der Waals surface area (Å²) in [5.41, 5.74) is 6.44. The van der Waals surface area contributed by atoms with Crippen molar-refractivity contribution in [3.8, 4) is 0 Å². The van der Waals surface area contributed by atoms with Crippen molar-refractivity contribution in [2.75, 3.05) is 12.3 Å². The Kier molecular flexibility index (Phi) is 4.06. The van der Waals surface area contributed by atoms with Gasteiger partial charge in [0.1, 0.15) is 30.2 Å². The van der Waals surface area contributed by atoms with Crippen molar-refractivity contribution >= 4 is 29.4 Å². The summed E-state index contributed by atoms with van der Waals surface area (Å²) in [5, 5.41) is 28.7. The van der Waals surface area contributed by atoms with Gasteiger partial charge in [0.2, 0.25) is 0 Å². The molecule has 4 atom stereocenters. The van der Waals surface area contributed by atoms with Gasteiger partial charge in [-0.25, -0.2) is 15.0 Å². The van der Waals surface area contributed by atoms with E-state index in [4.69, 9.17) is 15.6 Å². The molecule has 1 aliphatic rings. The summed E-state index contributed by atoms with van der Waals surface area (Å²) in [6, 6.07) is 0. The van der Waals surface area contributed by atoms with Crippen molar-refractivity contribution in [3.05, 3.63) is 12.7 Å². The number of nitrogens with two attached hydrogens (primary N) is 1. The van der Waals surface area contributed by atoms with Gasteiger partial charge < -0.3 is 25.8 Å². The van der Waals surface area contributed by atoms with Crippen LogP contribution in [-0.4, -0.2) is 59.8 Å². The molecule has 0 spiro atoms. The fourth-order valence-corrected chi connectivity index (χ4v) is 2.17. The third-order valence-corrected chi connectivity index (χ3v) is 3.18. The second-order valence-electron chi connectivity index (χ2n) is 4.31. The van der Waals surface area contributed by atoms with E-state index in [1.165, 1.54) is 17.2 Å². The van der Waals surface area contributed by atoms with E-state index in [1.54, 1.807) is 0 Å². The Bertz CT molecular complexity index is 608. The molecule has 0 aromatic carbocycles. The van der Waals surface area contributed by atoms with Crippen LogP contribution in [0.4, 0.5) is 5.82 Å². The van der Waals surface area contributed by atoms with Crippen molar-refractivity contribution in [1.29, 1.82) is 0 Å². The summed E-state index contributed by atoms with van der Waals surface area (Å²) in [4.78, 5) is 11.9. The Hall–Kier alpha value is -1.52. The average Bonchev–Trinajstić information content (AvgIpc) is 2.94. The number of fused-ring (bicyclic) bond motifs is 1. The highest BCUT2D eigenvalue weighted by Gasteiger charge is 2.43. The molecule has 0 radical (unpaired) electrons. The number of anilines is 1. The van der Waals surface area contributed by atoms with E-state index < -0.39 is 31.1 Å². The third-order valence-electron chi connectivity index (χ3n) is 3.18. The maximum absolute atomic E-state index is 9.95. The first-order chi connectivity index (χ1) is 9.13. The normalized spacial score (nSPS) is 29.6. The molecule has 10 heteroatoms. The molecule has 3 heterocycles. The van der Waals surface area contributed by atoms with Crippen LogP contribution >= 0.6 is 12.4 Å². The van der Waals surface area contributed by atoms with Crippen LogP contribution in [0.1, 0.15) is 6.23 Å². The molecule has 110 valence electrons. The van der Waals surface area contributed by atoms with Crippen LogP contribution in [0.15, 0.2) is 12.7 Å². The fraction of sp³-hybridized carbons (Fsp3) is 0.500. The Morgan fingerprint density at radius 3 is 2.65 bits per heavy atom. The van der Waals surface area contributed by atoms with Crippen molar-refractivity contribution in [1.82, 2.24) is 19.5 Å². The van der Waals surface area contributed by atoms with Gasteiger partial charge in [-0.3, -0.25) is 4.57 Å². The van der Waals surface area contributed by atoms with E-state index in [0.29, 0.717) is 11.2 Å². The number of nitrogen functional groups attached to an aromatic ring is 1. The molecule has 1 saturated heterocycles. The minimum Gasteiger partial charge on any atom is -0.394 e. The molecule has 4 unspecified atom stereocenters. The highest BCUT2D eigenvalue weighted by atomic mass is 35.5. The highest BCUT2D eigenvalue weighted by molar-refractivity contribution is 5.85. The van der Waals surface area contributed by atoms with E-state index in [2.05, 4.69) is 15.0 Å². The SMILES string of the molecule is Cl.Nc1ncnc2c1ncn2C1OC(CO)C(O)C1O. The Morgan fingerprint density at radius 1 is 1.25 bits per heavy atom. The van der Waals surface area contributed by atoms with Gasteiger partial charge in [-0.1, -0.05) is 0 Å². The number of hydrogen-bond acceptors (Lipinski definition) is 8. The van der Waals surface area contributed by atoms with Crippen LogP contribution in [0.2, 0.25) is 0 Å². The number of hydrogen-bond donors (Lipinski definition) is 4. The third kappa shape index (κ3) is 2.09. The van der Waals surface area contributed by atoms with Gasteiger partial charge in [0, 0.05) is 0 Å². The van der Waals surface area contributed by atoms with Crippen LogP contribution in [0.5, 0.6) is 0 Å². The number of aliphatic hydroxyl groups is 3. The second-order valence-corrected chi connectivity index (χ2v) is 4.31. The first-order valence-electron chi connectivity index (χ1n) is 5.69. The molecule has 1 fully saturated rings. The summed E-state index contributed by atoms with van der Waals surface area (Å²) < 4.78 is 6.85. The van der Waals surface area contributed by atoms with Crippen LogP contribution < -0.4 is 5.73 Å². The lowest BCUT2D eigenvalue weighted by Gasteiger charge is -2.16. The minimum atomic E-state index is -1.19. The topological polar surface area (TPSA) is 140 Å². The molecule has 9 nitrogen and oxygen atoms in total. The molecule has 20 heavy (non-hydrogen) atoms. The van der Waals surface area contributed by atoms with Crippen LogP contribution in [0.3, 0.4) is 0 Å². The molecule has 0 aliphatic carbocycles. The Balaban J connectivity index is 0.00000147. The predicted molar refractivity (Wildman–Crippen MR) is 70.0 cm³/mol. The van der Waals surface area contributed by atoms with Crippen molar-refractivity contribution < 1.29 is 20.1 Å². The first kappa shape index (κ1) is 14.9. The standard InChI is InChI=1S/C10H13N5O4.ClH/c11-8-5-9(13-2-12-8)15(3-14-5)10-7(18)6(17)4(1-16)19-10;/h2-4,6-7,10,16-18H,1H2,(H2,11,12,13);1H. The maximum atomic E-state index is 9.95. The van der Waals surface area contributed by atoms with Crippen LogP contribution in [0.25, 0.3) is 11.2 Å². The van der Waals surface area contributed by atoms with E-state index in [1.807, 2.05) is 0 Å². The zero-order valence-electron chi connectivity index (χ0n) is 10.2. The number of aliphatic hydroxyl groups excluding tert-OH is 3. The van der Waals surface area contributed by atoms with E-state index in [0.717, 1.165) is 0 Å². The molecular formula is C10H14ClN5O4. The van der Waals surface area contributed by atoms with E-state index in [9.17, 15) is 10.2 Å². The largest absolute Gasteiger partial charge is 0.394 e. The summed E-state index contributed by atoms with van der Waals surface area (Å²) in [7, 11) is 0.